The normalized spacial score (nSPS) is 19.5. The maximum Gasteiger partial charge on any atom is 0.306 e. The second kappa shape index (κ2) is 11.8. The van der Waals surface area contributed by atoms with Gasteiger partial charge in [-0.25, -0.2) is 8.78 Å². The Hall–Kier alpha value is -2.75. The van der Waals surface area contributed by atoms with Crippen LogP contribution in [0.5, 0.6) is 5.75 Å². The lowest BCUT2D eigenvalue weighted by Crippen LogP contribution is -2.37. The average molecular weight is 554 g/mol. The van der Waals surface area contributed by atoms with Crippen LogP contribution in [-0.4, -0.2) is 51.6 Å². The summed E-state index contributed by atoms with van der Waals surface area (Å²) in [6, 6.07) is 11.1. The molecule has 0 radical (unpaired) electrons. The third-order valence-corrected chi connectivity index (χ3v) is 7.26. The van der Waals surface area contributed by atoms with Gasteiger partial charge in [0.2, 0.25) is 5.82 Å². The Bertz CT molecular complexity index is 1250. The fourth-order valence-corrected chi connectivity index (χ4v) is 5.23. The van der Waals surface area contributed by atoms with E-state index in [1.807, 2.05) is 6.07 Å². The molecular weight excluding hydrogens is 527 g/mol. The van der Waals surface area contributed by atoms with Crippen molar-refractivity contribution in [3.05, 3.63) is 52.5 Å². The third-order valence-electron chi connectivity index (χ3n) is 6.97. The van der Waals surface area contributed by atoms with E-state index < -0.39 is 25.4 Å². The largest absolute Gasteiger partial charge is 0.483 e. The van der Waals surface area contributed by atoms with E-state index in [1.54, 1.807) is 12.1 Å². The van der Waals surface area contributed by atoms with Gasteiger partial charge in [-0.2, -0.15) is 4.98 Å². The first-order chi connectivity index (χ1) is 17.4. The highest BCUT2D eigenvalue weighted by Crippen LogP contribution is 2.36. The van der Waals surface area contributed by atoms with Gasteiger partial charge < -0.3 is 14.4 Å². The van der Waals surface area contributed by atoms with Crippen molar-refractivity contribution in [2.75, 3.05) is 13.3 Å². The number of aliphatic carboxylic acids is 1. The lowest BCUT2D eigenvalue weighted by molar-refractivity contribution is -0.143. The summed E-state index contributed by atoms with van der Waals surface area (Å²) in [5, 5.41) is 13.7. The van der Waals surface area contributed by atoms with E-state index >= 15 is 0 Å². The topological polar surface area (TPSA) is 88.7 Å². The molecule has 0 saturated heterocycles. The molecule has 37 heavy (non-hydrogen) atoms. The zero-order chi connectivity index (χ0) is 25.2. The van der Waals surface area contributed by atoms with Crippen molar-refractivity contribution in [1.29, 1.82) is 0 Å². The van der Waals surface area contributed by atoms with Crippen LogP contribution >= 0.6 is 24.0 Å². The van der Waals surface area contributed by atoms with Gasteiger partial charge in [-0.1, -0.05) is 35.3 Å². The van der Waals surface area contributed by atoms with Gasteiger partial charge in [0.15, 0.2) is 6.10 Å². The van der Waals surface area contributed by atoms with E-state index in [0.29, 0.717) is 17.8 Å². The predicted octanol–water partition coefficient (Wildman–Crippen LogP) is 6.12. The molecule has 1 aromatic heterocycles. The van der Waals surface area contributed by atoms with Crippen LogP contribution in [0.3, 0.4) is 0 Å². The summed E-state index contributed by atoms with van der Waals surface area (Å²) < 4.78 is 36.2. The van der Waals surface area contributed by atoms with Gasteiger partial charge in [-0.3, -0.25) is 9.69 Å². The zero-order valence-electron chi connectivity index (χ0n) is 19.9. The van der Waals surface area contributed by atoms with Crippen molar-refractivity contribution in [3.63, 3.8) is 0 Å². The molecule has 0 spiro atoms. The number of ether oxygens (including phenoxy) is 1. The van der Waals surface area contributed by atoms with Crippen molar-refractivity contribution >= 4 is 30.0 Å². The maximum atomic E-state index is 12.8. The molecule has 1 fully saturated rings. The fraction of sp³-hybridized carbons (Fsp3) is 0.423. The summed E-state index contributed by atoms with van der Waals surface area (Å²) in [4.78, 5) is 18.3. The summed E-state index contributed by atoms with van der Waals surface area (Å²) in [5.74, 6) is -0.0879. The predicted molar refractivity (Wildman–Crippen MR) is 136 cm³/mol. The highest BCUT2D eigenvalue weighted by atomic mass is 35.5. The van der Waals surface area contributed by atoms with Gasteiger partial charge in [-0.05, 0) is 54.7 Å². The lowest BCUT2D eigenvalue weighted by Gasteiger charge is -2.33. The van der Waals surface area contributed by atoms with Crippen LogP contribution in [0.15, 0.2) is 40.9 Å². The van der Waals surface area contributed by atoms with Gasteiger partial charge >= 0.3 is 5.97 Å². The number of hydrogen-bond donors (Lipinski definition) is 1. The Morgan fingerprint density at radius 3 is 2.62 bits per heavy atom. The van der Waals surface area contributed by atoms with Crippen LogP contribution in [0, 0.1) is 5.92 Å². The maximum absolute atomic E-state index is 12.8. The summed E-state index contributed by atoms with van der Waals surface area (Å²) in [7, 11) is 0. The number of alkyl halides is 2. The van der Waals surface area contributed by atoms with Crippen LogP contribution < -0.4 is 4.74 Å². The van der Waals surface area contributed by atoms with Crippen molar-refractivity contribution in [3.8, 4) is 28.6 Å². The Morgan fingerprint density at radius 1 is 1.14 bits per heavy atom. The lowest BCUT2D eigenvalue weighted by atomic mass is 9.85. The second-order valence-electron chi connectivity index (χ2n) is 9.36. The smallest absolute Gasteiger partial charge is 0.306 e. The molecule has 2 atom stereocenters. The van der Waals surface area contributed by atoms with Crippen LogP contribution in [0.4, 0.5) is 8.78 Å². The second-order valence-corrected chi connectivity index (χ2v) is 9.77. The number of hydrogen-bond acceptors (Lipinski definition) is 6. The van der Waals surface area contributed by atoms with E-state index in [-0.39, 0.29) is 41.0 Å². The molecule has 0 bridgehead atoms. The molecule has 3 aromatic rings. The average Bonchev–Trinajstić information content (AvgIpc) is 3.55. The molecule has 1 aliphatic carbocycles. The Balaban J connectivity index is 0.00000320. The van der Waals surface area contributed by atoms with Crippen LogP contribution in [0.25, 0.3) is 22.8 Å². The van der Waals surface area contributed by atoms with Crippen LogP contribution in [-0.2, 0) is 17.9 Å². The van der Waals surface area contributed by atoms with Crippen molar-refractivity contribution in [2.24, 2.45) is 5.92 Å². The number of rotatable bonds is 8. The number of nitrogens with zero attached hydrogens (tertiary/aromatic N) is 3. The molecule has 7 nitrogen and oxygen atoms in total. The highest BCUT2D eigenvalue weighted by molar-refractivity contribution is 6.32. The molecule has 198 valence electrons. The quantitative estimate of drug-likeness (QED) is 0.359. The molecule has 11 heteroatoms. The van der Waals surface area contributed by atoms with Gasteiger partial charge in [0, 0.05) is 30.3 Å². The van der Waals surface area contributed by atoms with Crippen molar-refractivity contribution in [1.82, 2.24) is 15.0 Å². The summed E-state index contributed by atoms with van der Waals surface area (Å²) in [6.07, 6.45) is 2.21. The van der Waals surface area contributed by atoms with Crippen molar-refractivity contribution in [2.45, 2.75) is 50.9 Å². The van der Waals surface area contributed by atoms with Gasteiger partial charge in [0.25, 0.3) is 5.89 Å². The molecule has 2 aromatic carbocycles. The Morgan fingerprint density at radius 2 is 1.89 bits per heavy atom. The summed E-state index contributed by atoms with van der Waals surface area (Å²) in [5.41, 5.74) is 3.77. The molecule has 1 saturated carbocycles. The molecular formula is C26H27Cl2F2N3O4. The molecule has 1 aliphatic heterocycles. The van der Waals surface area contributed by atoms with Crippen molar-refractivity contribution < 1.29 is 27.9 Å². The molecule has 5 rings (SSSR count). The van der Waals surface area contributed by atoms with Crippen LogP contribution in [0.1, 0.15) is 36.8 Å². The van der Waals surface area contributed by atoms with E-state index in [0.717, 1.165) is 37.9 Å². The number of carbonyl (C=O) groups is 1. The number of carboxylic acid groups (broad SMARTS) is 1. The first-order valence-corrected chi connectivity index (χ1v) is 12.3. The minimum absolute atomic E-state index is 0. The minimum atomic E-state index is -1.20. The van der Waals surface area contributed by atoms with Gasteiger partial charge in [-0.15, -0.1) is 12.4 Å². The van der Waals surface area contributed by atoms with E-state index in [4.69, 9.17) is 20.9 Å². The number of benzene rings is 2. The number of carboxylic acids is 1. The molecule has 2 aliphatic rings. The molecule has 2 heterocycles. The zero-order valence-corrected chi connectivity index (χ0v) is 21.5. The minimum Gasteiger partial charge on any atom is -0.483 e. The van der Waals surface area contributed by atoms with E-state index in [1.165, 1.54) is 17.2 Å². The number of fused-ring (bicyclic) bond motifs is 1. The molecule has 1 N–H and O–H groups in total. The van der Waals surface area contributed by atoms with E-state index in [9.17, 15) is 18.7 Å². The SMILES string of the molecule is Cl.O=C(O)C1CCCC(N2Cc3ccc(-c4noc(-c5ccc(OC(CF)CF)c(Cl)c5)n4)cc3C2)C1. The first kappa shape index (κ1) is 27.3. The Labute approximate surface area is 224 Å². The Kier molecular flexibility index (Phi) is 8.67. The molecule has 0 amide bonds. The number of halogens is 4. The van der Waals surface area contributed by atoms with Gasteiger partial charge in [0.1, 0.15) is 19.1 Å². The van der Waals surface area contributed by atoms with Crippen LogP contribution in [0.2, 0.25) is 5.02 Å². The number of aromatic nitrogens is 2. The first-order valence-electron chi connectivity index (χ1n) is 12.0. The summed E-state index contributed by atoms with van der Waals surface area (Å²) >= 11 is 6.23. The third kappa shape index (κ3) is 5.89. The fourth-order valence-electron chi connectivity index (χ4n) is 5.01. The summed E-state index contributed by atoms with van der Waals surface area (Å²) in [6.45, 7) is -0.337. The standard InChI is InChI=1S/C26H26ClF2N3O4.ClH/c27-22-10-16(6-7-23(22)35-21(11-28)12-29)25-30-24(31-36-25)15-4-5-18-13-32(14-19(18)8-15)20-3-1-2-17(9-20)26(33)34;/h4-8,10,17,20-21H,1-3,9,11-14H2,(H,33,34);1H. The highest BCUT2D eigenvalue weighted by Gasteiger charge is 2.33. The molecule has 2 unspecified atom stereocenters. The van der Waals surface area contributed by atoms with Gasteiger partial charge in [0.05, 0.1) is 10.9 Å². The van der Waals surface area contributed by atoms with E-state index in [2.05, 4.69) is 27.2 Å². The monoisotopic (exact) mass is 553 g/mol.